The molecular formula is C60H115NO5. The Hall–Kier alpha value is -1.47. The number of hydrogen-bond acceptors (Lipinski definition) is 5. The summed E-state index contributed by atoms with van der Waals surface area (Å²) in [6.45, 7) is 4.07. The molecule has 0 radical (unpaired) electrons. The van der Waals surface area contributed by atoms with Gasteiger partial charge in [0.25, 0.3) is 0 Å². The third kappa shape index (κ3) is 47.6. The fraction of sp³-hybridized carbons (Fsp3) is 0.883. The molecule has 0 aromatic carbocycles. The van der Waals surface area contributed by atoms with Crippen molar-refractivity contribution in [2.24, 2.45) is 0 Å². The van der Waals surface area contributed by atoms with Crippen LogP contribution in [0.2, 0.25) is 0 Å². The van der Waals surface area contributed by atoms with Crippen molar-refractivity contribution in [3.8, 4) is 0 Å². The zero-order valence-electron chi connectivity index (χ0n) is 44.2. The van der Waals surface area contributed by atoms with E-state index in [0.29, 0.717) is 12.8 Å². The number of nitrogens with one attached hydrogen (secondary N) is 1. The number of allylic oxidation sites excluding steroid dienone is 6. The van der Waals surface area contributed by atoms with Crippen molar-refractivity contribution in [2.45, 2.75) is 334 Å². The number of carbonyl (C=O) groups is 1. The van der Waals surface area contributed by atoms with E-state index in [0.717, 1.165) is 44.9 Å². The van der Waals surface area contributed by atoms with Gasteiger partial charge >= 0.3 is 0 Å². The highest BCUT2D eigenvalue weighted by molar-refractivity contribution is 5.80. The van der Waals surface area contributed by atoms with Crippen LogP contribution >= 0.6 is 0 Å². The van der Waals surface area contributed by atoms with Gasteiger partial charge in [-0.3, -0.25) is 4.79 Å². The first-order chi connectivity index (χ1) is 32.5. The Morgan fingerprint density at radius 2 is 0.667 bits per heavy atom. The van der Waals surface area contributed by atoms with Crippen molar-refractivity contribution in [1.82, 2.24) is 5.32 Å². The highest BCUT2D eigenvalue weighted by atomic mass is 16.3. The van der Waals surface area contributed by atoms with Crippen LogP contribution in [0, 0.1) is 0 Å². The van der Waals surface area contributed by atoms with Gasteiger partial charge in [-0.2, -0.15) is 0 Å². The van der Waals surface area contributed by atoms with Gasteiger partial charge in [0.1, 0.15) is 12.2 Å². The van der Waals surface area contributed by atoms with Crippen LogP contribution in [0.15, 0.2) is 36.5 Å². The van der Waals surface area contributed by atoms with Gasteiger partial charge in [0, 0.05) is 0 Å². The van der Waals surface area contributed by atoms with E-state index in [1.54, 1.807) is 0 Å². The lowest BCUT2D eigenvalue weighted by Crippen LogP contribution is -2.53. The molecule has 0 fully saturated rings. The van der Waals surface area contributed by atoms with E-state index in [2.05, 4.69) is 55.6 Å². The molecule has 0 saturated carbocycles. The molecule has 0 aliphatic heterocycles. The minimum absolute atomic E-state index is 0.364. The maximum atomic E-state index is 12.6. The molecule has 390 valence electrons. The van der Waals surface area contributed by atoms with Gasteiger partial charge in [-0.25, -0.2) is 0 Å². The summed E-state index contributed by atoms with van der Waals surface area (Å²) in [4.78, 5) is 12.6. The third-order valence-electron chi connectivity index (χ3n) is 13.8. The normalized spacial score (nSPS) is 14.0. The topological polar surface area (TPSA) is 110 Å². The summed E-state index contributed by atoms with van der Waals surface area (Å²) in [5.41, 5.74) is 0. The summed E-state index contributed by atoms with van der Waals surface area (Å²) in [7, 11) is 0. The van der Waals surface area contributed by atoms with Crippen molar-refractivity contribution in [3.05, 3.63) is 36.5 Å². The second-order valence-electron chi connectivity index (χ2n) is 20.3. The molecule has 0 aliphatic rings. The van der Waals surface area contributed by atoms with Crippen molar-refractivity contribution in [1.29, 1.82) is 0 Å². The monoisotopic (exact) mass is 930 g/mol. The van der Waals surface area contributed by atoms with Gasteiger partial charge < -0.3 is 25.7 Å². The summed E-state index contributed by atoms with van der Waals surface area (Å²) in [5.74, 6) is -0.590. The predicted octanol–water partition coefficient (Wildman–Crippen LogP) is 17.2. The Morgan fingerprint density at radius 3 is 1.00 bits per heavy atom. The van der Waals surface area contributed by atoms with E-state index in [9.17, 15) is 25.2 Å². The van der Waals surface area contributed by atoms with E-state index in [1.165, 1.54) is 238 Å². The van der Waals surface area contributed by atoms with Crippen LogP contribution in [0.1, 0.15) is 309 Å². The van der Waals surface area contributed by atoms with E-state index >= 15 is 0 Å². The molecule has 5 N–H and O–H groups in total. The number of hydrogen-bond donors (Lipinski definition) is 5. The molecule has 0 spiro atoms. The minimum atomic E-state index is -1.28. The minimum Gasteiger partial charge on any atom is -0.394 e. The molecular weight excluding hydrogens is 815 g/mol. The number of carbonyl (C=O) groups excluding carboxylic acids is 1. The smallest absolute Gasteiger partial charge is 0.249 e. The van der Waals surface area contributed by atoms with Crippen LogP contribution in [0.3, 0.4) is 0 Å². The molecule has 0 rings (SSSR count). The molecule has 0 saturated heterocycles. The number of unbranched alkanes of at least 4 members (excludes halogenated alkanes) is 39. The van der Waals surface area contributed by atoms with E-state index < -0.39 is 36.9 Å². The van der Waals surface area contributed by atoms with Gasteiger partial charge in [-0.15, -0.1) is 0 Å². The number of amides is 1. The van der Waals surface area contributed by atoms with Gasteiger partial charge in [-0.05, 0) is 70.6 Å². The Kier molecular flexibility index (Phi) is 53.3. The molecule has 0 aromatic heterocycles. The maximum Gasteiger partial charge on any atom is 0.249 e. The van der Waals surface area contributed by atoms with Gasteiger partial charge in [0.2, 0.25) is 5.91 Å². The second-order valence-corrected chi connectivity index (χ2v) is 20.3. The lowest BCUT2D eigenvalue weighted by molar-refractivity contribution is -0.132. The van der Waals surface area contributed by atoms with E-state index in [-0.39, 0.29) is 0 Å². The first-order valence-electron chi connectivity index (χ1n) is 29.4. The maximum absolute atomic E-state index is 12.6. The van der Waals surface area contributed by atoms with E-state index in [1.807, 2.05) is 0 Å². The van der Waals surface area contributed by atoms with Crippen LogP contribution in [0.5, 0.6) is 0 Å². The Balaban J connectivity index is 3.61. The number of aliphatic hydroxyl groups excluding tert-OH is 4. The second kappa shape index (κ2) is 54.5. The summed E-state index contributed by atoms with van der Waals surface area (Å²) in [5, 5.41) is 44.0. The third-order valence-corrected chi connectivity index (χ3v) is 13.8. The molecule has 4 atom stereocenters. The zero-order valence-corrected chi connectivity index (χ0v) is 44.2. The first-order valence-corrected chi connectivity index (χ1v) is 29.4. The average Bonchev–Trinajstić information content (AvgIpc) is 3.32. The summed E-state index contributed by atoms with van der Waals surface area (Å²) >= 11 is 0. The number of aliphatic hydroxyl groups is 4. The fourth-order valence-corrected chi connectivity index (χ4v) is 9.20. The molecule has 1 amide bonds. The fourth-order valence-electron chi connectivity index (χ4n) is 9.20. The quantitative estimate of drug-likeness (QED) is 0.0308. The molecule has 6 heteroatoms. The van der Waals surface area contributed by atoms with Crippen LogP contribution in [0.25, 0.3) is 0 Å². The standard InChI is InChI=1S/C60H115NO5/c1-3-5-7-9-11-13-15-17-19-21-23-24-25-26-27-28-29-30-31-32-33-34-35-36-38-40-42-44-46-48-50-52-54-58(64)60(66)61-56(55-62)59(65)57(63)53-51-49-47-45-43-41-39-37-22-20-18-16-14-12-10-8-6-4-2/h23-24,26-27,45,47,56-59,62-65H,3-22,25,28-44,46,48-55H2,1-2H3,(H,61,66)/b24-23-,27-26-,47-45+. The van der Waals surface area contributed by atoms with Crippen LogP contribution in [0.4, 0.5) is 0 Å². The Labute approximate surface area is 411 Å². The van der Waals surface area contributed by atoms with Gasteiger partial charge in [0.05, 0.1) is 18.8 Å². The lowest BCUT2D eigenvalue weighted by atomic mass is 10.00. The SMILES string of the molecule is CCCCCCCCCCC/C=C\C/C=C\CCCCCCCCCCCCCCCCCCC(O)C(=O)NC(CO)C(O)C(O)CCC/C=C/CCCCCCCCCCCCCCC. The molecule has 0 bridgehead atoms. The Morgan fingerprint density at radius 1 is 0.379 bits per heavy atom. The number of rotatable bonds is 54. The molecule has 0 aliphatic carbocycles. The van der Waals surface area contributed by atoms with Crippen LogP contribution < -0.4 is 5.32 Å². The largest absolute Gasteiger partial charge is 0.394 e. The van der Waals surface area contributed by atoms with Gasteiger partial charge in [0.15, 0.2) is 0 Å². The molecule has 4 unspecified atom stereocenters. The highest BCUT2D eigenvalue weighted by Crippen LogP contribution is 2.17. The predicted molar refractivity (Wildman–Crippen MR) is 288 cm³/mol. The summed E-state index contributed by atoms with van der Waals surface area (Å²) < 4.78 is 0. The molecule has 0 aromatic rings. The highest BCUT2D eigenvalue weighted by Gasteiger charge is 2.28. The van der Waals surface area contributed by atoms with Crippen molar-refractivity contribution in [2.75, 3.05) is 6.61 Å². The first kappa shape index (κ1) is 64.5. The van der Waals surface area contributed by atoms with Crippen LogP contribution in [-0.2, 0) is 4.79 Å². The van der Waals surface area contributed by atoms with Crippen molar-refractivity contribution >= 4 is 5.91 Å². The summed E-state index contributed by atoms with van der Waals surface area (Å²) in [6, 6.07) is -1.00. The zero-order chi connectivity index (χ0) is 48.1. The van der Waals surface area contributed by atoms with E-state index in [4.69, 9.17) is 0 Å². The Bertz CT molecular complexity index is 1040. The van der Waals surface area contributed by atoms with Crippen LogP contribution in [-0.4, -0.2) is 57.3 Å². The lowest BCUT2D eigenvalue weighted by Gasteiger charge is -2.27. The van der Waals surface area contributed by atoms with Gasteiger partial charge in [-0.1, -0.05) is 275 Å². The molecule has 66 heavy (non-hydrogen) atoms. The summed E-state index contributed by atoms with van der Waals surface area (Å²) in [6.07, 6.45) is 68.0. The average molecular weight is 931 g/mol. The van der Waals surface area contributed by atoms with Crippen molar-refractivity contribution in [3.63, 3.8) is 0 Å². The van der Waals surface area contributed by atoms with Crippen molar-refractivity contribution < 1.29 is 25.2 Å². The molecule has 6 nitrogen and oxygen atoms in total. The molecule has 0 heterocycles.